The predicted octanol–water partition coefficient (Wildman–Crippen LogP) is 0.01000. The predicted molar refractivity (Wildman–Crippen MR) is 59.8 cm³/mol. The molecule has 2 heterocycles. The standard InChI is InChI=1S/C10H9N5O3/c16-9(4-15-6-12-5-13-15)14-8-3-11-2-1-7(8)10(17)18/h1-3,5-6H,4H2,(H,14,16)(H,17,18). The molecule has 0 atom stereocenters. The van der Waals surface area contributed by atoms with Crippen molar-refractivity contribution in [2.45, 2.75) is 6.54 Å². The largest absolute Gasteiger partial charge is 0.478 e. The van der Waals surface area contributed by atoms with Crippen LogP contribution in [0.4, 0.5) is 5.69 Å². The monoisotopic (exact) mass is 247 g/mol. The number of nitrogens with zero attached hydrogens (tertiary/aromatic N) is 4. The van der Waals surface area contributed by atoms with E-state index in [1.807, 2.05) is 0 Å². The fourth-order valence-corrected chi connectivity index (χ4v) is 1.33. The molecule has 2 N–H and O–H groups in total. The Morgan fingerprint density at radius 3 is 2.89 bits per heavy atom. The second-order valence-corrected chi connectivity index (χ2v) is 3.37. The molecule has 18 heavy (non-hydrogen) atoms. The van der Waals surface area contributed by atoms with E-state index in [4.69, 9.17) is 5.11 Å². The molecule has 92 valence electrons. The zero-order valence-electron chi connectivity index (χ0n) is 9.15. The van der Waals surface area contributed by atoms with E-state index >= 15 is 0 Å². The van der Waals surface area contributed by atoms with E-state index in [1.165, 1.54) is 35.8 Å². The van der Waals surface area contributed by atoms with Crippen molar-refractivity contribution in [1.82, 2.24) is 19.7 Å². The lowest BCUT2D eigenvalue weighted by Gasteiger charge is -2.07. The minimum absolute atomic E-state index is 0.0167. The summed E-state index contributed by atoms with van der Waals surface area (Å²) in [6, 6.07) is 1.31. The van der Waals surface area contributed by atoms with Crippen LogP contribution in [-0.4, -0.2) is 36.7 Å². The van der Waals surface area contributed by atoms with Crippen LogP contribution in [0.25, 0.3) is 0 Å². The van der Waals surface area contributed by atoms with Gasteiger partial charge in [-0.05, 0) is 6.07 Å². The van der Waals surface area contributed by atoms with Gasteiger partial charge in [0.15, 0.2) is 0 Å². The van der Waals surface area contributed by atoms with Crippen molar-refractivity contribution in [2.24, 2.45) is 0 Å². The van der Waals surface area contributed by atoms with Crippen LogP contribution in [0.1, 0.15) is 10.4 Å². The number of aromatic nitrogens is 4. The van der Waals surface area contributed by atoms with Crippen molar-refractivity contribution in [1.29, 1.82) is 0 Å². The van der Waals surface area contributed by atoms with Gasteiger partial charge in [-0.25, -0.2) is 14.5 Å². The van der Waals surface area contributed by atoms with Crippen LogP contribution in [0.15, 0.2) is 31.1 Å². The summed E-state index contributed by atoms with van der Waals surface area (Å²) in [5.74, 6) is -1.54. The number of rotatable bonds is 4. The van der Waals surface area contributed by atoms with Crippen molar-refractivity contribution in [3.8, 4) is 0 Å². The fourth-order valence-electron chi connectivity index (χ4n) is 1.33. The number of carboxylic acid groups (broad SMARTS) is 1. The number of nitrogens with one attached hydrogen (secondary N) is 1. The zero-order valence-corrected chi connectivity index (χ0v) is 9.15. The smallest absolute Gasteiger partial charge is 0.337 e. The van der Waals surface area contributed by atoms with Crippen LogP contribution < -0.4 is 5.32 Å². The number of hydrogen-bond donors (Lipinski definition) is 2. The van der Waals surface area contributed by atoms with Crippen LogP contribution >= 0.6 is 0 Å². The van der Waals surface area contributed by atoms with Crippen LogP contribution in [-0.2, 0) is 11.3 Å². The number of aromatic carboxylic acids is 1. The van der Waals surface area contributed by atoms with Gasteiger partial charge in [0.2, 0.25) is 5.91 Å². The molecule has 0 radical (unpaired) electrons. The molecule has 0 saturated heterocycles. The Morgan fingerprint density at radius 2 is 2.22 bits per heavy atom. The molecule has 1 amide bonds. The van der Waals surface area contributed by atoms with Gasteiger partial charge < -0.3 is 10.4 Å². The molecule has 0 aliphatic carbocycles. The second kappa shape index (κ2) is 5.04. The summed E-state index contributed by atoms with van der Waals surface area (Å²) in [5.41, 5.74) is 0.132. The second-order valence-electron chi connectivity index (χ2n) is 3.37. The third-order valence-corrected chi connectivity index (χ3v) is 2.10. The van der Waals surface area contributed by atoms with Gasteiger partial charge in [0, 0.05) is 6.20 Å². The highest BCUT2D eigenvalue weighted by atomic mass is 16.4. The molecule has 8 heteroatoms. The van der Waals surface area contributed by atoms with Gasteiger partial charge >= 0.3 is 5.97 Å². The SMILES string of the molecule is O=C(Cn1cncn1)Nc1cnccc1C(=O)O. The molecule has 0 aliphatic heterocycles. The number of carbonyl (C=O) groups excluding carboxylic acids is 1. The molecule has 0 aromatic carbocycles. The van der Waals surface area contributed by atoms with E-state index in [0.29, 0.717) is 0 Å². The van der Waals surface area contributed by atoms with E-state index in [1.54, 1.807) is 0 Å². The maximum Gasteiger partial charge on any atom is 0.337 e. The van der Waals surface area contributed by atoms with Crippen molar-refractivity contribution in [3.63, 3.8) is 0 Å². The molecule has 2 aromatic heterocycles. The Labute approximate surface area is 101 Å². The molecule has 0 unspecified atom stereocenters. The highest BCUT2D eigenvalue weighted by Gasteiger charge is 2.12. The number of hydrogen-bond acceptors (Lipinski definition) is 5. The number of anilines is 1. The Hall–Kier alpha value is -2.77. The molecule has 2 aromatic rings. The molecular formula is C10H9N5O3. The van der Waals surface area contributed by atoms with Crippen LogP contribution in [0, 0.1) is 0 Å². The van der Waals surface area contributed by atoms with Gasteiger partial charge in [-0.3, -0.25) is 9.78 Å². The van der Waals surface area contributed by atoms with Crippen LogP contribution in [0.5, 0.6) is 0 Å². The van der Waals surface area contributed by atoms with Crippen LogP contribution in [0.3, 0.4) is 0 Å². The van der Waals surface area contributed by atoms with Crippen molar-refractivity contribution >= 4 is 17.6 Å². The number of carboxylic acids is 1. The molecule has 0 bridgehead atoms. The first kappa shape index (κ1) is 11.7. The lowest BCUT2D eigenvalue weighted by Crippen LogP contribution is -2.20. The highest BCUT2D eigenvalue weighted by Crippen LogP contribution is 2.12. The first-order valence-electron chi connectivity index (χ1n) is 4.96. The summed E-state index contributed by atoms with van der Waals surface area (Å²) in [4.78, 5) is 30.0. The first-order valence-corrected chi connectivity index (χ1v) is 4.96. The Morgan fingerprint density at radius 1 is 1.39 bits per heavy atom. The van der Waals surface area contributed by atoms with Crippen LogP contribution in [0.2, 0.25) is 0 Å². The summed E-state index contributed by atoms with van der Waals surface area (Å²) in [6.45, 7) is -0.0477. The summed E-state index contributed by atoms with van der Waals surface area (Å²) in [7, 11) is 0. The normalized spacial score (nSPS) is 10.0. The zero-order chi connectivity index (χ0) is 13.0. The lowest BCUT2D eigenvalue weighted by molar-refractivity contribution is -0.116. The van der Waals surface area contributed by atoms with E-state index in [9.17, 15) is 9.59 Å². The summed E-state index contributed by atoms with van der Waals surface area (Å²) in [5, 5.41) is 15.2. The van der Waals surface area contributed by atoms with Gasteiger partial charge in [0.05, 0.1) is 17.4 Å². The highest BCUT2D eigenvalue weighted by molar-refractivity contribution is 6.00. The summed E-state index contributed by atoms with van der Waals surface area (Å²) < 4.78 is 1.33. The molecule has 0 aliphatic rings. The fraction of sp³-hybridized carbons (Fsp3) is 0.100. The Kier molecular flexibility index (Phi) is 3.28. The third-order valence-electron chi connectivity index (χ3n) is 2.10. The van der Waals surface area contributed by atoms with E-state index in [0.717, 1.165) is 0 Å². The summed E-state index contributed by atoms with van der Waals surface area (Å²) in [6.07, 6.45) is 5.32. The minimum atomic E-state index is -1.13. The first-order chi connectivity index (χ1) is 8.66. The van der Waals surface area contributed by atoms with Crippen molar-refractivity contribution < 1.29 is 14.7 Å². The maximum atomic E-state index is 11.6. The van der Waals surface area contributed by atoms with Gasteiger partial charge in [-0.1, -0.05) is 0 Å². The van der Waals surface area contributed by atoms with E-state index in [2.05, 4.69) is 20.4 Å². The molecule has 0 fully saturated rings. The molecule has 8 nitrogen and oxygen atoms in total. The molecule has 0 spiro atoms. The average molecular weight is 247 g/mol. The topological polar surface area (TPSA) is 110 Å². The van der Waals surface area contributed by atoms with Gasteiger partial charge in [-0.15, -0.1) is 0 Å². The summed E-state index contributed by atoms with van der Waals surface area (Å²) >= 11 is 0. The van der Waals surface area contributed by atoms with Gasteiger partial charge in [0.1, 0.15) is 19.2 Å². The maximum absolute atomic E-state index is 11.6. The Bertz CT molecular complexity index is 567. The van der Waals surface area contributed by atoms with E-state index < -0.39 is 11.9 Å². The molecule has 2 rings (SSSR count). The third kappa shape index (κ3) is 2.67. The van der Waals surface area contributed by atoms with Gasteiger partial charge in [-0.2, -0.15) is 5.10 Å². The van der Waals surface area contributed by atoms with Crippen molar-refractivity contribution in [2.75, 3.05) is 5.32 Å². The Balaban J connectivity index is 2.09. The van der Waals surface area contributed by atoms with Gasteiger partial charge in [0.25, 0.3) is 0 Å². The molecular weight excluding hydrogens is 238 g/mol. The number of amides is 1. The molecule has 0 saturated carbocycles. The average Bonchev–Trinajstić information content (AvgIpc) is 2.82. The lowest BCUT2D eigenvalue weighted by atomic mass is 10.2. The quantitative estimate of drug-likeness (QED) is 0.787. The van der Waals surface area contributed by atoms with E-state index in [-0.39, 0.29) is 17.8 Å². The number of carbonyl (C=O) groups is 2. The van der Waals surface area contributed by atoms with Crippen molar-refractivity contribution in [3.05, 3.63) is 36.7 Å². The number of pyridine rings is 1. The minimum Gasteiger partial charge on any atom is -0.478 e.